The average Bonchev–Trinajstić information content (AvgIpc) is 2.86. The van der Waals surface area contributed by atoms with Gasteiger partial charge in [0.15, 0.2) is 0 Å². The minimum Gasteiger partial charge on any atom is -0.493 e. The molecule has 0 aliphatic carbocycles. The van der Waals surface area contributed by atoms with Crippen molar-refractivity contribution in [1.29, 1.82) is 0 Å². The van der Waals surface area contributed by atoms with Gasteiger partial charge in [-0.3, -0.25) is 0 Å². The van der Waals surface area contributed by atoms with E-state index in [1.165, 1.54) is 10.8 Å². The number of hydrogen-bond donors (Lipinski definition) is 0. The van der Waals surface area contributed by atoms with E-state index in [2.05, 4.69) is 57.2 Å². The molecule has 0 saturated heterocycles. The van der Waals surface area contributed by atoms with Gasteiger partial charge in [-0.25, -0.2) is 0 Å². The normalized spacial score (nSPS) is 10.8. The summed E-state index contributed by atoms with van der Waals surface area (Å²) in [5.74, 6) is 0.914. The average molecular weight is 330 g/mol. The van der Waals surface area contributed by atoms with Crippen molar-refractivity contribution in [2.75, 3.05) is 6.61 Å². The lowest BCUT2D eigenvalue weighted by molar-refractivity contribution is 0.302. The van der Waals surface area contributed by atoms with Crippen LogP contribution >= 0.6 is 15.9 Å². The molecule has 1 aromatic heterocycles. The number of ether oxygens (including phenoxy) is 1. The van der Waals surface area contributed by atoms with Gasteiger partial charge in [-0.2, -0.15) is 0 Å². The SMILES string of the molecule is Brc1cccc(OCCCn2cc3ccccc3c2)c1. The van der Waals surface area contributed by atoms with E-state index >= 15 is 0 Å². The molecule has 1 heterocycles. The number of nitrogens with zero attached hydrogens (tertiary/aromatic N) is 1. The highest BCUT2D eigenvalue weighted by molar-refractivity contribution is 9.10. The Balaban J connectivity index is 1.52. The standard InChI is InChI=1S/C17H16BrNO/c18-16-7-3-8-17(11-16)20-10-4-9-19-12-14-5-1-2-6-15(14)13-19/h1-3,5-8,11-13H,4,9-10H2. The molecule has 20 heavy (non-hydrogen) atoms. The van der Waals surface area contributed by atoms with E-state index in [-0.39, 0.29) is 0 Å². The van der Waals surface area contributed by atoms with Gasteiger partial charge in [-0.05, 0) is 35.4 Å². The summed E-state index contributed by atoms with van der Waals surface area (Å²) in [7, 11) is 0. The van der Waals surface area contributed by atoms with Gasteiger partial charge in [0.1, 0.15) is 5.75 Å². The number of aromatic nitrogens is 1. The third kappa shape index (κ3) is 3.23. The van der Waals surface area contributed by atoms with Crippen molar-refractivity contribution < 1.29 is 4.74 Å². The molecule has 0 aliphatic rings. The topological polar surface area (TPSA) is 14.2 Å². The molecular weight excluding hydrogens is 314 g/mol. The fraction of sp³-hybridized carbons (Fsp3) is 0.176. The molecule has 0 amide bonds. The Hall–Kier alpha value is -1.74. The first kappa shape index (κ1) is 13.3. The summed E-state index contributed by atoms with van der Waals surface area (Å²) in [6.45, 7) is 1.70. The van der Waals surface area contributed by atoms with Gasteiger partial charge >= 0.3 is 0 Å². The second-order valence-corrected chi connectivity index (χ2v) is 5.70. The van der Waals surface area contributed by atoms with Crippen molar-refractivity contribution >= 4 is 26.7 Å². The summed E-state index contributed by atoms with van der Waals surface area (Å²) in [6.07, 6.45) is 5.37. The van der Waals surface area contributed by atoms with E-state index in [1.807, 2.05) is 24.3 Å². The largest absolute Gasteiger partial charge is 0.493 e. The minimum atomic E-state index is 0.727. The third-order valence-electron chi connectivity index (χ3n) is 3.23. The third-order valence-corrected chi connectivity index (χ3v) is 3.72. The Kier molecular flexibility index (Phi) is 4.07. The summed E-state index contributed by atoms with van der Waals surface area (Å²) >= 11 is 3.44. The van der Waals surface area contributed by atoms with Crippen molar-refractivity contribution in [2.45, 2.75) is 13.0 Å². The van der Waals surface area contributed by atoms with Gasteiger partial charge in [-0.1, -0.05) is 46.3 Å². The first-order chi connectivity index (χ1) is 9.81. The van der Waals surface area contributed by atoms with Gasteiger partial charge < -0.3 is 9.30 Å². The van der Waals surface area contributed by atoms with Crippen molar-refractivity contribution in [2.24, 2.45) is 0 Å². The number of halogens is 1. The number of benzene rings is 2. The lowest BCUT2D eigenvalue weighted by Crippen LogP contribution is -2.02. The van der Waals surface area contributed by atoms with Crippen LogP contribution in [0.1, 0.15) is 6.42 Å². The second-order valence-electron chi connectivity index (χ2n) is 4.78. The molecule has 0 bridgehead atoms. The zero-order valence-electron chi connectivity index (χ0n) is 11.1. The molecular formula is C17H16BrNO. The quantitative estimate of drug-likeness (QED) is 0.609. The van der Waals surface area contributed by atoms with Crippen LogP contribution in [-0.2, 0) is 6.54 Å². The van der Waals surface area contributed by atoms with E-state index in [0.717, 1.165) is 29.8 Å². The summed E-state index contributed by atoms with van der Waals surface area (Å²) in [5, 5.41) is 2.58. The zero-order valence-corrected chi connectivity index (χ0v) is 12.7. The highest BCUT2D eigenvalue weighted by Crippen LogP contribution is 2.18. The minimum absolute atomic E-state index is 0.727. The predicted octanol–water partition coefficient (Wildman–Crippen LogP) is 4.87. The molecule has 102 valence electrons. The van der Waals surface area contributed by atoms with E-state index in [9.17, 15) is 0 Å². The molecule has 0 aliphatic heterocycles. The van der Waals surface area contributed by atoms with E-state index in [4.69, 9.17) is 4.74 Å². The molecule has 0 saturated carbocycles. The lowest BCUT2D eigenvalue weighted by Gasteiger charge is -2.07. The monoisotopic (exact) mass is 329 g/mol. The van der Waals surface area contributed by atoms with Crippen molar-refractivity contribution in [3.8, 4) is 5.75 Å². The number of hydrogen-bond acceptors (Lipinski definition) is 1. The highest BCUT2D eigenvalue weighted by Gasteiger charge is 1.98. The molecule has 0 unspecified atom stereocenters. The first-order valence-corrected chi connectivity index (χ1v) is 7.53. The number of aryl methyl sites for hydroxylation is 1. The maximum atomic E-state index is 5.74. The molecule has 0 N–H and O–H groups in total. The van der Waals surface area contributed by atoms with Crippen molar-refractivity contribution in [1.82, 2.24) is 4.57 Å². The van der Waals surface area contributed by atoms with Gasteiger partial charge in [0.2, 0.25) is 0 Å². The van der Waals surface area contributed by atoms with Crippen LogP contribution in [0.2, 0.25) is 0 Å². The van der Waals surface area contributed by atoms with E-state index in [0.29, 0.717) is 0 Å². The Morgan fingerprint density at radius 1 is 0.950 bits per heavy atom. The highest BCUT2D eigenvalue weighted by atomic mass is 79.9. The van der Waals surface area contributed by atoms with Crippen LogP contribution in [0.25, 0.3) is 10.8 Å². The molecule has 0 fully saturated rings. The van der Waals surface area contributed by atoms with Gasteiger partial charge in [-0.15, -0.1) is 0 Å². The summed E-state index contributed by atoms with van der Waals surface area (Å²) in [4.78, 5) is 0. The summed E-state index contributed by atoms with van der Waals surface area (Å²) in [6, 6.07) is 16.4. The Labute approximate surface area is 127 Å². The first-order valence-electron chi connectivity index (χ1n) is 6.74. The van der Waals surface area contributed by atoms with Crippen LogP contribution in [-0.4, -0.2) is 11.2 Å². The maximum Gasteiger partial charge on any atom is 0.120 e. The van der Waals surface area contributed by atoms with Gasteiger partial charge in [0.25, 0.3) is 0 Å². The fourth-order valence-corrected chi connectivity index (χ4v) is 2.64. The summed E-state index contributed by atoms with van der Waals surface area (Å²) < 4.78 is 9.02. The molecule has 0 atom stereocenters. The molecule has 0 radical (unpaired) electrons. The molecule has 3 rings (SSSR count). The van der Waals surface area contributed by atoms with Crippen molar-refractivity contribution in [3.05, 3.63) is 65.4 Å². The van der Waals surface area contributed by atoms with Gasteiger partial charge in [0, 0.05) is 23.4 Å². The lowest BCUT2D eigenvalue weighted by atomic mass is 10.2. The molecule has 3 aromatic rings. The maximum absolute atomic E-state index is 5.74. The van der Waals surface area contributed by atoms with Crippen LogP contribution in [0.5, 0.6) is 5.75 Å². The molecule has 3 heteroatoms. The van der Waals surface area contributed by atoms with Crippen molar-refractivity contribution in [3.63, 3.8) is 0 Å². The van der Waals surface area contributed by atoms with E-state index < -0.39 is 0 Å². The number of fused-ring (bicyclic) bond motifs is 1. The van der Waals surface area contributed by atoms with Crippen LogP contribution in [0.4, 0.5) is 0 Å². The fourth-order valence-electron chi connectivity index (χ4n) is 2.26. The Bertz CT molecular complexity index is 672. The molecule has 0 spiro atoms. The van der Waals surface area contributed by atoms with Crippen LogP contribution in [0, 0.1) is 0 Å². The van der Waals surface area contributed by atoms with Gasteiger partial charge in [0.05, 0.1) is 6.61 Å². The zero-order chi connectivity index (χ0) is 13.8. The van der Waals surface area contributed by atoms with E-state index in [1.54, 1.807) is 0 Å². The second kappa shape index (κ2) is 6.14. The Morgan fingerprint density at radius 2 is 1.70 bits per heavy atom. The summed E-state index contributed by atoms with van der Waals surface area (Å²) in [5.41, 5.74) is 0. The Morgan fingerprint density at radius 3 is 2.40 bits per heavy atom. The number of rotatable bonds is 5. The molecule has 2 nitrogen and oxygen atoms in total. The molecule has 2 aromatic carbocycles. The predicted molar refractivity (Wildman–Crippen MR) is 86.2 cm³/mol. The van der Waals surface area contributed by atoms with Crippen LogP contribution in [0.15, 0.2) is 65.4 Å². The van der Waals surface area contributed by atoms with Crippen LogP contribution < -0.4 is 4.74 Å². The van der Waals surface area contributed by atoms with Crippen LogP contribution in [0.3, 0.4) is 0 Å². The smallest absolute Gasteiger partial charge is 0.120 e.